The Hall–Kier alpha value is -0.910. The van der Waals surface area contributed by atoms with Gasteiger partial charge in [-0.1, -0.05) is 0 Å². The second-order valence-corrected chi connectivity index (χ2v) is 4.35. The van der Waals surface area contributed by atoms with Crippen molar-refractivity contribution in [2.75, 3.05) is 6.61 Å². The minimum Gasteiger partial charge on any atom is -0.463 e. The van der Waals surface area contributed by atoms with Crippen molar-refractivity contribution in [1.82, 2.24) is 0 Å². The summed E-state index contributed by atoms with van der Waals surface area (Å²) in [6.07, 6.45) is -0.258. The summed E-state index contributed by atoms with van der Waals surface area (Å²) < 4.78 is 15.9. The van der Waals surface area contributed by atoms with Crippen LogP contribution in [0.5, 0.6) is 0 Å². The van der Waals surface area contributed by atoms with Crippen LogP contribution >= 0.6 is 0 Å². The summed E-state index contributed by atoms with van der Waals surface area (Å²) in [5.74, 6) is -1.22. The quantitative estimate of drug-likeness (QED) is 0.692. The molecule has 3 atom stereocenters. The van der Waals surface area contributed by atoms with Gasteiger partial charge in [0.15, 0.2) is 5.79 Å². The van der Waals surface area contributed by atoms with Gasteiger partial charge in [-0.15, -0.1) is 0 Å². The third-order valence-electron chi connectivity index (χ3n) is 2.65. The number of aliphatic hydroxyl groups is 1. The van der Waals surface area contributed by atoms with E-state index in [1.165, 1.54) is 0 Å². The average Bonchev–Trinajstić information content (AvgIpc) is 2.62. The van der Waals surface area contributed by atoms with Gasteiger partial charge in [0.25, 0.3) is 0 Å². The fraction of sp³-hybridized carbons (Fsp3) is 0.727. The smallest absolute Gasteiger partial charge is 0.336 e. The minimum atomic E-state index is -0.967. The van der Waals surface area contributed by atoms with E-state index in [-0.39, 0.29) is 18.3 Å². The monoisotopic (exact) mass is 228 g/mol. The van der Waals surface area contributed by atoms with E-state index in [0.717, 1.165) is 0 Å². The Morgan fingerprint density at radius 3 is 2.81 bits per heavy atom. The van der Waals surface area contributed by atoms with Gasteiger partial charge in [-0.3, -0.25) is 0 Å². The molecule has 0 aromatic rings. The van der Waals surface area contributed by atoms with Gasteiger partial charge in [0.05, 0.1) is 12.2 Å². The van der Waals surface area contributed by atoms with Crippen LogP contribution in [0.2, 0.25) is 0 Å². The van der Waals surface area contributed by atoms with Crippen molar-refractivity contribution in [1.29, 1.82) is 0 Å². The molecule has 0 aromatic heterocycles. The molecule has 1 N–H and O–H groups in total. The third kappa shape index (κ3) is 1.86. The van der Waals surface area contributed by atoms with Gasteiger partial charge >= 0.3 is 5.97 Å². The highest BCUT2D eigenvalue weighted by Gasteiger charge is 2.50. The molecule has 16 heavy (non-hydrogen) atoms. The molecule has 1 heterocycles. The summed E-state index contributed by atoms with van der Waals surface area (Å²) in [6, 6.07) is 0. The number of hydrogen-bond donors (Lipinski definition) is 1. The predicted octanol–water partition coefficient (Wildman–Crippen LogP) is 0.370. The van der Waals surface area contributed by atoms with E-state index in [1.807, 2.05) is 0 Å². The number of fused-ring (bicyclic) bond motifs is 1. The maximum absolute atomic E-state index is 11.5. The fourth-order valence-electron chi connectivity index (χ4n) is 2.05. The van der Waals surface area contributed by atoms with Crippen LogP contribution in [0.4, 0.5) is 0 Å². The van der Waals surface area contributed by atoms with E-state index in [0.29, 0.717) is 0 Å². The number of carbonyl (C=O) groups excluding carboxylic acids is 1. The Balaban J connectivity index is 2.12. The van der Waals surface area contributed by atoms with Crippen LogP contribution in [0.3, 0.4) is 0 Å². The summed E-state index contributed by atoms with van der Waals surface area (Å²) in [7, 11) is 0. The van der Waals surface area contributed by atoms with Crippen molar-refractivity contribution < 1.29 is 24.1 Å². The first-order valence-corrected chi connectivity index (χ1v) is 5.37. The maximum atomic E-state index is 11.5. The predicted molar refractivity (Wildman–Crippen MR) is 54.5 cm³/mol. The highest BCUT2D eigenvalue weighted by atomic mass is 16.8. The SMILES string of the molecule is CCOC(=O)C1=C[C@@H]2OC(C)(C)O[C@@H]2[C@H]1O. The van der Waals surface area contributed by atoms with Crippen molar-refractivity contribution in [2.45, 2.75) is 44.9 Å². The molecule has 5 nitrogen and oxygen atoms in total. The number of hydrogen-bond acceptors (Lipinski definition) is 5. The van der Waals surface area contributed by atoms with Gasteiger partial charge in [-0.25, -0.2) is 4.79 Å². The maximum Gasteiger partial charge on any atom is 0.336 e. The van der Waals surface area contributed by atoms with Crippen LogP contribution < -0.4 is 0 Å². The van der Waals surface area contributed by atoms with Gasteiger partial charge < -0.3 is 19.3 Å². The molecule has 0 radical (unpaired) electrons. The number of carbonyl (C=O) groups is 1. The molecule has 1 aliphatic heterocycles. The molecule has 0 aromatic carbocycles. The van der Waals surface area contributed by atoms with Crippen LogP contribution in [0.1, 0.15) is 20.8 Å². The largest absolute Gasteiger partial charge is 0.463 e. The summed E-state index contributed by atoms with van der Waals surface area (Å²) in [5.41, 5.74) is 0.229. The number of aliphatic hydroxyl groups excluding tert-OH is 1. The molecule has 0 amide bonds. The van der Waals surface area contributed by atoms with Crippen LogP contribution in [0, 0.1) is 0 Å². The van der Waals surface area contributed by atoms with E-state index in [1.54, 1.807) is 26.8 Å². The molecular formula is C11H16O5. The summed E-state index contributed by atoms with van der Waals surface area (Å²) in [4.78, 5) is 11.5. The molecule has 0 saturated carbocycles. The Morgan fingerprint density at radius 1 is 1.56 bits per heavy atom. The highest BCUT2D eigenvalue weighted by Crippen LogP contribution is 2.37. The van der Waals surface area contributed by atoms with E-state index < -0.39 is 24.0 Å². The molecular weight excluding hydrogens is 212 g/mol. The normalized spacial score (nSPS) is 35.8. The Bertz CT molecular complexity index is 333. The Labute approximate surface area is 94.0 Å². The first-order chi connectivity index (χ1) is 7.44. The van der Waals surface area contributed by atoms with Gasteiger partial charge in [0.1, 0.15) is 18.3 Å². The van der Waals surface area contributed by atoms with Crippen molar-refractivity contribution in [2.24, 2.45) is 0 Å². The fourth-order valence-corrected chi connectivity index (χ4v) is 2.05. The van der Waals surface area contributed by atoms with E-state index >= 15 is 0 Å². The molecule has 0 spiro atoms. The van der Waals surface area contributed by atoms with Gasteiger partial charge in [-0.05, 0) is 26.8 Å². The molecule has 1 aliphatic carbocycles. The standard InChI is InChI=1S/C11H16O5/c1-4-14-10(13)6-5-7-9(8(6)12)16-11(2,3)15-7/h5,7-9,12H,4H2,1-3H3/t7-,8-,9-/m0/s1. The van der Waals surface area contributed by atoms with Gasteiger partial charge in [0, 0.05) is 0 Å². The lowest BCUT2D eigenvalue weighted by molar-refractivity contribution is -0.156. The van der Waals surface area contributed by atoms with Crippen LogP contribution in [0.15, 0.2) is 11.6 Å². The second kappa shape index (κ2) is 3.84. The Kier molecular flexibility index (Phi) is 2.77. The molecule has 0 bridgehead atoms. The number of ether oxygens (including phenoxy) is 3. The van der Waals surface area contributed by atoms with Crippen LogP contribution in [-0.4, -0.2) is 41.8 Å². The average molecular weight is 228 g/mol. The minimum absolute atomic E-state index is 0.229. The zero-order chi connectivity index (χ0) is 11.9. The molecule has 90 valence electrons. The number of esters is 1. The molecule has 2 aliphatic rings. The summed E-state index contributed by atoms with van der Waals surface area (Å²) in [5, 5.41) is 9.91. The zero-order valence-corrected chi connectivity index (χ0v) is 9.60. The van der Waals surface area contributed by atoms with E-state index in [4.69, 9.17) is 14.2 Å². The van der Waals surface area contributed by atoms with Crippen molar-refractivity contribution in [3.05, 3.63) is 11.6 Å². The topological polar surface area (TPSA) is 65.0 Å². The lowest BCUT2D eigenvalue weighted by Crippen LogP contribution is -2.32. The molecule has 1 fully saturated rings. The molecule has 2 rings (SSSR count). The second-order valence-electron chi connectivity index (χ2n) is 4.35. The Morgan fingerprint density at radius 2 is 2.25 bits per heavy atom. The number of rotatable bonds is 2. The first kappa shape index (κ1) is 11.6. The summed E-state index contributed by atoms with van der Waals surface area (Å²) >= 11 is 0. The van der Waals surface area contributed by atoms with Gasteiger partial charge in [0.2, 0.25) is 0 Å². The van der Waals surface area contributed by atoms with Crippen molar-refractivity contribution in [3.8, 4) is 0 Å². The third-order valence-corrected chi connectivity index (χ3v) is 2.65. The summed E-state index contributed by atoms with van der Waals surface area (Å²) in [6.45, 7) is 5.55. The van der Waals surface area contributed by atoms with Gasteiger partial charge in [-0.2, -0.15) is 0 Å². The highest BCUT2D eigenvalue weighted by molar-refractivity contribution is 5.90. The zero-order valence-electron chi connectivity index (χ0n) is 9.60. The first-order valence-electron chi connectivity index (χ1n) is 5.37. The van der Waals surface area contributed by atoms with Crippen molar-refractivity contribution >= 4 is 5.97 Å². The van der Waals surface area contributed by atoms with E-state index in [2.05, 4.69) is 0 Å². The lowest BCUT2D eigenvalue weighted by Gasteiger charge is -2.20. The molecule has 5 heteroatoms. The van der Waals surface area contributed by atoms with Crippen molar-refractivity contribution in [3.63, 3.8) is 0 Å². The van der Waals surface area contributed by atoms with Crippen LogP contribution in [0.25, 0.3) is 0 Å². The molecule has 0 unspecified atom stereocenters. The molecule has 1 saturated heterocycles. The van der Waals surface area contributed by atoms with Crippen LogP contribution in [-0.2, 0) is 19.0 Å². The van der Waals surface area contributed by atoms with E-state index in [9.17, 15) is 9.90 Å². The lowest BCUT2D eigenvalue weighted by atomic mass is 10.1.